The first-order valence-corrected chi connectivity index (χ1v) is 15.1. The summed E-state index contributed by atoms with van der Waals surface area (Å²) in [5.74, 6) is 0.991. The fraction of sp³-hybridized carbons (Fsp3) is 0.419. The van der Waals surface area contributed by atoms with Crippen molar-refractivity contribution in [1.29, 1.82) is 0 Å². The van der Waals surface area contributed by atoms with Gasteiger partial charge in [-0.1, -0.05) is 55.8 Å². The van der Waals surface area contributed by atoms with Gasteiger partial charge in [0.2, 0.25) is 11.8 Å². The van der Waals surface area contributed by atoms with E-state index in [0.717, 1.165) is 28.1 Å². The molecule has 3 aromatic rings. The second-order valence-corrected chi connectivity index (χ2v) is 12.9. The standard InChI is InChI=1S/C31H37N3O5S/c1-20-6-12-28(13-7-20)40(36,37)39-27-17-34(18-27)26-14-22(3)33-29(15-26)38-19-24-8-10-25(11-9-24)23(4)31(5)21(2)16-32-30(31)35/h6-15,21,23,27H,16-19H2,1-5H3,(H,32,35)/t21-,23+,31-/m0/s1. The monoisotopic (exact) mass is 563 g/mol. The molecule has 2 fully saturated rings. The van der Waals surface area contributed by atoms with Gasteiger partial charge in [0.1, 0.15) is 12.7 Å². The van der Waals surface area contributed by atoms with Crippen LogP contribution in [0.2, 0.25) is 0 Å². The minimum Gasteiger partial charge on any atom is -0.473 e. The molecule has 1 aromatic heterocycles. The molecule has 0 spiro atoms. The Balaban J connectivity index is 1.17. The van der Waals surface area contributed by atoms with Crippen molar-refractivity contribution in [2.45, 2.75) is 58.1 Å². The summed E-state index contributed by atoms with van der Waals surface area (Å²) >= 11 is 0. The van der Waals surface area contributed by atoms with Crippen molar-refractivity contribution in [2.24, 2.45) is 11.3 Å². The molecule has 2 saturated heterocycles. The highest BCUT2D eigenvalue weighted by Gasteiger charge is 2.48. The van der Waals surface area contributed by atoms with Gasteiger partial charge in [-0.2, -0.15) is 8.42 Å². The van der Waals surface area contributed by atoms with Crippen LogP contribution in [0.4, 0.5) is 5.69 Å². The van der Waals surface area contributed by atoms with Gasteiger partial charge in [0.25, 0.3) is 10.1 Å². The summed E-state index contributed by atoms with van der Waals surface area (Å²) in [6, 6.07) is 18.7. The Bertz CT molecular complexity index is 1480. The lowest BCUT2D eigenvalue weighted by Crippen LogP contribution is -2.53. The molecule has 1 N–H and O–H groups in total. The Hall–Kier alpha value is -3.43. The van der Waals surface area contributed by atoms with Crippen LogP contribution in [0.1, 0.15) is 49.1 Å². The number of rotatable bonds is 9. The lowest BCUT2D eigenvalue weighted by Gasteiger charge is -2.40. The predicted octanol–water partition coefficient (Wildman–Crippen LogP) is 4.75. The largest absolute Gasteiger partial charge is 0.473 e. The Labute approximate surface area is 236 Å². The molecule has 212 valence electrons. The third-order valence-corrected chi connectivity index (χ3v) is 9.92. The number of pyridine rings is 1. The van der Waals surface area contributed by atoms with E-state index in [-0.39, 0.29) is 22.6 Å². The fourth-order valence-electron chi connectivity index (χ4n) is 5.43. The Morgan fingerprint density at radius 1 is 1.07 bits per heavy atom. The van der Waals surface area contributed by atoms with Crippen molar-refractivity contribution in [3.63, 3.8) is 0 Å². The van der Waals surface area contributed by atoms with E-state index in [1.807, 2.05) is 43.0 Å². The first-order valence-electron chi connectivity index (χ1n) is 13.7. The molecule has 0 bridgehead atoms. The van der Waals surface area contributed by atoms with Crippen LogP contribution in [0.3, 0.4) is 0 Å². The molecule has 0 unspecified atom stereocenters. The summed E-state index contributed by atoms with van der Waals surface area (Å²) in [5.41, 5.74) is 4.43. The smallest absolute Gasteiger partial charge is 0.297 e. The van der Waals surface area contributed by atoms with E-state index in [9.17, 15) is 13.2 Å². The van der Waals surface area contributed by atoms with Crippen molar-refractivity contribution >= 4 is 21.7 Å². The summed E-state index contributed by atoms with van der Waals surface area (Å²) in [5, 5.41) is 3.00. The van der Waals surface area contributed by atoms with Crippen molar-refractivity contribution < 1.29 is 22.1 Å². The topological polar surface area (TPSA) is 97.8 Å². The molecular formula is C31H37N3O5S. The lowest BCUT2D eigenvalue weighted by molar-refractivity contribution is -0.128. The average Bonchev–Trinajstić information content (AvgIpc) is 3.17. The molecule has 1 amide bonds. The maximum Gasteiger partial charge on any atom is 0.297 e. The molecule has 3 atom stereocenters. The van der Waals surface area contributed by atoms with Crippen LogP contribution in [0.25, 0.3) is 0 Å². The normalized spacial score (nSPS) is 22.1. The van der Waals surface area contributed by atoms with Crippen LogP contribution in [0.15, 0.2) is 65.6 Å². The van der Waals surface area contributed by atoms with Gasteiger partial charge in [-0.15, -0.1) is 0 Å². The van der Waals surface area contributed by atoms with Gasteiger partial charge < -0.3 is 15.0 Å². The van der Waals surface area contributed by atoms with Gasteiger partial charge in [-0.05, 0) is 61.9 Å². The number of carbonyl (C=O) groups excluding carboxylic acids is 1. The van der Waals surface area contributed by atoms with E-state index in [1.165, 1.54) is 0 Å². The SMILES string of the molecule is Cc1ccc(S(=O)(=O)OC2CN(c3cc(C)nc(OCc4ccc([C@@H](C)[C@@]5(C)C(=O)NC[C@@H]5C)cc4)c3)C2)cc1. The highest BCUT2D eigenvalue weighted by molar-refractivity contribution is 7.86. The molecule has 40 heavy (non-hydrogen) atoms. The fourth-order valence-corrected chi connectivity index (χ4v) is 6.49. The zero-order valence-electron chi connectivity index (χ0n) is 23.7. The maximum absolute atomic E-state index is 12.6. The van der Waals surface area contributed by atoms with E-state index in [4.69, 9.17) is 8.92 Å². The zero-order valence-corrected chi connectivity index (χ0v) is 24.5. The van der Waals surface area contributed by atoms with Crippen LogP contribution >= 0.6 is 0 Å². The molecule has 8 nitrogen and oxygen atoms in total. The van der Waals surface area contributed by atoms with Gasteiger partial charge in [0, 0.05) is 37.1 Å². The molecule has 2 aliphatic heterocycles. The highest BCUT2D eigenvalue weighted by atomic mass is 32.2. The first kappa shape index (κ1) is 28.1. The lowest BCUT2D eigenvalue weighted by atomic mass is 9.68. The number of aryl methyl sites for hydroxylation is 2. The van der Waals surface area contributed by atoms with E-state index < -0.39 is 21.6 Å². The van der Waals surface area contributed by atoms with Crippen LogP contribution in [0.5, 0.6) is 5.88 Å². The number of carbonyl (C=O) groups is 1. The summed E-state index contributed by atoms with van der Waals surface area (Å²) in [6.45, 7) is 12.1. The van der Waals surface area contributed by atoms with E-state index in [1.54, 1.807) is 24.3 Å². The Morgan fingerprint density at radius 2 is 1.75 bits per heavy atom. The van der Waals surface area contributed by atoms with Crippen molar-refractivity contribution in [1.82, 2.24) is 10.3 Å². The van der Waals surface area contributed by atoms with Gasteiger partial charge in [-0.3, -0.25) is 8.98 Å². The molecule has 2 aromatic carbocycles. The summed E-state index contributed by atoms with van der Waals surface area (Å²) in [7, 11) is -3.80. The van der Waals surface area contributed by atoms with Gasteiger partial charge in [0.15, 0.2) is 0 Å². The number of benzene rings is 2. The van der Waals surface area contributed by atoms with Crippen LogP contribution in [-0.4, -0.2) is 45.0 Å². The quantitative estimate of drug-likeness (QED) is 0.375. The van der Waals surface area contributed by atoms with Gasteiger partial charge in [-0.25, -0.2) is 4.98 Å². The number of nitrogens with zero attached hydrogens (tertiary/aromatic N) is 2. The third-order valence-electron chi connectivity index (χ3n) is 8.55. The second kappa shape index (κ2) is 10.9. The third kappa shape index (κ3) is 5.58. The molecular weight excluding hydrogens is 526 g/mol. The highest BCUT2D eigenvalue weighted by Crippen LogP contribution is 2.44. The Morgan fingerprint density at radius 3 is 2.38 bits per heavy atom. The zero-order chi connectivity index (χ0) is 28.7. The summed E-state index contributed by atoms with van der Waals surface area (Å²) in [6.07, 6.45) is -0.411. The Kier molecular flexibility index (Phi) is 7.63. The van der Waals surface area contributed by atoms with Crippen molar-refractivity contribution in [3.8, 4) is 5.88 Å². The number of hydrogen-bond donors (Lipinski definition) is 1. The molecule has 0 saturated carbocycles. The van der Waals surface area contributed by atoms with Crippen LogP contribution < -0.4 is 15.0 Å². The second-order valence-electron chi connectivity index (χ2n) is 11.3. The van der Waals surface area contributed by atoms with Crippen LogP contribution in [-0.2, 0) is 25.7 Å². The van der Waals surface area contributed by atoms with E-state index >= 15 is 0 Å². The molecule has 2 aliphatic rings. The van der Waals surface area contributed by atoms with Crippen LogP contribution in [0, 0.1) is 25.2 Å². The molecule has 9 heteroatoms. The predicted molar refractivity (Wildman–Crippen MR) is 154 cm³/mol. The van der Waals surface area contributed by atoms with Crippen molar-refractivity contribution in [3.05, 3.63) is 83.0 Å². The summed E-state index contributed by atoms with van der Waals surface area (Å²) in [4.78, 5) is 19.3. The summed E-state index contributed by atoms with van der Waals surface area (Å²) < 4.78 is 36.7. The minimum atomic E-state index is -3.80. The van der Waals surface area contributed by atoms with E-state index in [2.05, 4.69) is 43.2 Å². The number of amides is 1. The number of nitrogens with one attached hydrogen (secondary N) is 1. The molecule has 3 heterocycles. The van der Waals surface area contributed by atoms with E-state index in [0.29, 0.717) is 32.1 Å². The molecule has 5 rings (SSSR count). The molecule has 0 aliphatic carbocycles. The first-order chi connectivity index (χ1) is 19.0. The van der Waals surface area contributed by atoms with Gasteiger partial charge >= 0.3 is 0 Å². The molecule has 0 radical (unpaired) electrons. The maximum atomic E-state index is 12.6. The van der Waals surface area contributed by atoms with Gasteiger partial charge in [0.05, 0.1) is 10.3 Å². The number of anilines is 1. The number of hydrogen-bond acceptors (Lipinski definition) is 7. The van der Waals surface area contributed by atoms with Crippen molar-refractivity contribution in [2.75, 3.05) is 24.5 Å². The average molecular weight is 564 g/mol. The number of ether oxygens (including phenoxy) is 1. The number of aromatic nitrogens is 1. The minimum absolute atomic E-state index is 0.0946.